The van der Waals surface area contributed by atoms with E-state index >= 15 is 0 Å². The van der Waals surface area contributed by atoms with Crippen LogP contribution < -0.4 is 10.1 Å². The third-order valence-corrected chi connectivity index (χ3v) is 3.78. The molecule has 0 aliphatic rings. The smallest absolute Gasteiger partial charge is 0.212 e. The molecule has 1 aromatic heterocycles. The molecular formula is C19H18F3N3O. The van der Waals surface area contributed by atoms with Crippen molar-refractivity contribution < 1.29 is 17.9 Å². The summed E-state index contributed by atoms with van der Waals surface area (Å²) in [4.78, 5) is 0. The Morgan fingerprint density at radius 3 is 2.46 bits per heavy atom. The van der Waals surface area contributed by atoms with Gasteiger partial charge in [0.15, 0.2) is 0 Å². The molecule has 0 aliphatic heterocycles. The van der Waals surface area contributed by atoms with E-state index in [9.17, 15) is 13.2 Å². The minimum Gasteiger partial charge on any atom is -0.473 e. The standard InChI is InChI=1S/C19H18F3N3O/c1-23-10-17-9-19(26-12-14-8-16(21)6-7-18(14)22)25(24-17)11-13-2-4-15(20)5-3-13/h2-9,23H,10-12H2,1H3. The van der Waals surface area contributed by atoms with E-state index in [1.165, 1.54) is 12.1 Å². The van der Waals surface area contributed by atoms with Gasteiger partial charge in [0.2, 0.25) is 5.88 Å². The maximum atomic E-state index is 13.8. The number of aromatic nitrogens is 2. The highest BCUT2D eigenvalue weighted by Gasteiger charge is 2.12. The molecule has 0 fully saturated rings. The van der Waals surface area contributed by atoms with Crippen LogP contribution >= 0.6 is 0 Å². The number of benzene rings is 2. The highest BCUT2D eigenvalue weighted by atomic mass is 19.1. The fraction of sp³-hybridized carbons (Fsp3) is 0.211. The van der Waals surface area contributed by atoms with Crippen molar-refractivity contribution >= 4 is 0 Å². The SMILES string of the molecule is CNCc1cc(OCc2cc(F)ccc2F)n(Cc2ccc(F)cc2)n1. The largest absolute Gasteiger partial charge is 0.473 e. The molecule has 0 saturated heterocycles. The Morgan fingerprint density at radius 2 is 1.73 bits per heavy atom. The Bertz CT molecular complexity index is 878. The number of ether oxygens (including phenoxy) is 1. The van der Waals surface area contributed by atoms with Crippen LogP contribution in [0.15, 0.2) is 48.5 Å². The Balaban J connectivity index is 1.80. The molecule has 0 radical (unpaired) electrons. The predicted molar refractivity (Wildman–Crippen MR) is 91.2 cm³/mol. The lowest BCUT2D eigenvalue weighted by Gasteiger charge is -2.10. The van der Waals surface area contributed by atoms with Crippen molar-refractivity contribution in [3.63, 3.8) is 0 Å². The molecule has 0 bridgehead atoms. The van der Waals surface area contributed by atoms with Crippen LogP contribution in [0.4, 0.5) is 13.2 Å². The first kappa shape index (κ1) is 18.0. The second kappa shape index (κ2) is 8.05. The van der Waals surface area contributed by atoms with Crippen LogP contribution in [0.3, 0.4) is 0 Å². The van der Waals surface area contributed by atoms with Crippen LogP contribution in [-0.2, 0) is 19.7 Å². The van der Waals surface area contributed by atoms with E-state index in [4.69, 9.17) is 4.74 Å². The number of hydrogen-bond donors (Lipinski definition) is 1. The lowest BCUT2D eigenvalue weighted by molar-refractivity contribution is 0.269. The van der Waals surface area contributed by atoms with Gasteiger partial charge in [-0.1, -0.05) is 12.1 Å². The zero-order valence-electron chi connectivity index (χ0n) is 14.2. The van der Waals surface area contributed by atoms with Crippen molar-refractivity contribution in [3.05, 3.63) is 82.8 Å². The van der Waals surface area contributed by atoms with Crippen molar-refractivity contribution in [1.29, 1.82) is 0 Å². The first-order chi connectivity index (χ1) is 12.5. The minimum absolute atomic E-state index is 0.120. The maximum Gasteiger partial charge on any atom is 0.212 e. The summed E-state index contributed by atoms with van der Waals surface area (Å²) >= 11 is 0. The van der Waals surface area contributed by atoms with Crippen molar-refractivity contribution in [3.8, 4) is 5.88 Å². The van der Waals surface area contributed by atoms with E-state index in [1.807, 2.05) is 0 Å². The molecule has 0 aliphatic carbocycles. The molecule has 26 heavy (non-hydrogen) atoms. The molecule has 7 heteroatoms. The summed E-state index contributed by atoms with van der Waals surface area (Å²) in [7, 11) is 1.79. The van der Waals surface area contributed by atoms with E-state index in [1.54, 1.807) is 29.9 Å². The summed E-state index contributed by atoms with van der Waals surface area (Å²) in [6.07, 6.45) is 0. The molecule has 3 aromatic rings. The zero-order valence-corrected chi connectivity index (χ0v) is 14.2. The van der Waals surface area contributed by atoms with Crippen LogP contribution in [0.1, 0.15) is 16.8 Å². The maximum absolute atomic E-state index is 13.8. The van der Waals surface area contributed by atoms with Gasteiger partial charge in [-0.05, 0) is 42.9 Å². The molecule has 3 rings (SSSR count). The van der Waals surface area contributed by atoms with Crippen LogP contribution in [0.25, 0.3) is 0 Å². The van der Waals surface area contributed by atoms with Crippen LogP contribution in [0.5, 0.6) is 5.88 Å². The molecule has 4 nitrogen and oxygen atoms in total. The molecule has 1 N–H and O–H groups in total. The molecule has 1 heterocycles. The van der Waals surface area contributed by atoms with E-state index in [0.29, 0.717) is 19.0 Å². The van der Waals surface area contributed by atoms with Gasteiger partial charge in [0, 0.05) is 18.2 Å². The molecule has 0 amide bonds. The molecule has 2 aromatic carbocycles. The Morgan fingerprint density at radius 1 is 1.00 bits per heavy atom. The Kier molecular flexibility index (Phi) is 5.58. The number of halogens is 3. The average Bonchev–Trinajstić information content (AvgIpc) is 2.99. The topological polar surface area (TPSA) is 39.1 Å². The van der Waals surface area contributed by atoms with Crippen LogP contribution in [0, 0.1) is 17.5 Å². The lowest BCUT2D eigenvalue weighted by Crippen LogP contribution is -2.09. The van der Waals surface area contributed by atoms with Gasteiger partial charge in [0.05, 0.1) is 12.2 Å². The van der Waals surface area contributed by atoms with Gasteiger partial charge < -0.3 is 10.1 Å². The fourth-order valence-corrected chi connectivity index (χ4v) is 2.52. The lowest BCUT2D eigenvalue weighted by atomic mass is 10.2. The Labute approximate surface area is 149 Å². The first-order valence-corrected chi connectivity index (χ1v) is 8.07. The summed E-state index contributed by atoms with van der Waals surface area (Å²) in [5, 5.41) is 7.43. The van der Waals surface area contributed by atoms with Gasteiger partial charge in [-0.15, -0.1) is 0 Å². The van der Waals surface area contributed by atoms with Gasteiger partial charge in [-0.25, -0.2) is 17.9 Å². The third kappa shape index (κ3) is 4.43. The fourth-order valence-electron chi connectivity index (χ4n) is 2.52. The average molecular weight is 361 g/mol. The molecule has 0 spiro atoms. The van der Waals surface area contributed by atoms with Crippen LogP contribution in [-0.4, -0.2) is 16.8 Å². The van der Waals surface area contributed by atoms with Gasteiger partial charge in [0.25, 0.3) is 0 Å². The Hall–Kier alpha value is -2.80. The molecule has 136 valence electrons. The van der Waals surface area contributed by atoms with Crippen molar-refractivity contribution in [2.45, 2.75) is 19.7 Å². The number of nitrogens with zero attached hydrogens (tertiary/aromatic N) is 2. The van der Waals surface area contributed by atoms with E-state index < -0.39 is 11.6 Å². The molecule has 0 atom stereocenters. The minimum atomic E-state index is -0.536. The van der Waals surface area contributed by atoms with E-state index in [0.717, 1.165) is 29.5 Å². The normalized spacial score (nSPS) is 10.9. The summed E-state index contributed by atoms with van der Waals surface area (Å²) in [5.74, 6) is -0.960. The summed E-state index contributed by atoms with van der Waals surface area (Å²) < 4.78 is 47.4. The van der Waals surface area contributed by atoms with E-state index in [2.05, 4.69) is 10.4 Å². The quantitative estimate of drug-likeness (QED) is 0.698. The number of rotatable bonds is 7. The van der Waals surface area contributed by atoms with Gasteiger partial charge in [-0.3, -0.25) is 0 Å². The van der Waals surface area contributed by atoms with Gasteiger partial charge >= 0.3 is 0 Å². The predicted octanol–water partition coefficient (Wildman–Crippen LogP) is 3.65. The second-order valence-electron chi connectivity index (χ2n) is 5.81. The molecular weight excluding hydrogens is 343 g/mol. The summed E-state index contributed by atoms with van der Waals surface area (Å²) in [6.45, 7) is 0.768. The van der Waals surface area contributed by atoms with Crippen molar-refractivity contribution in [1.82, 2.24) is 15.1 Å². The number of nitrogens with one attached hydrogen (secondary N) is 1. The zero-order chi connectivity index (χ0) is 18.5. The second-order valence-corrected chi connectivity index (χ2v) is 5.81. The monoisotopic (exact) mass is 361 g/mol. The van der Waals surface area contributed by atoms with Crippen molar-refractivity contribution in [2.24, 2.45) is 0 Å². The summed E-state index contributed by atoms with van der Waals surface area (Å²) in [6, 6.07) is 11.0. The van der Waals surface area contributed by atoms with Crippen LogP contribution in [0.2, 0.25) is 0 Å². The highest BCUT2D eigenvalue weighted by Crippen LogP contribution is 2.19. The van der Waals surface area contributed by atoms with E-state index in [-0.39, 0.29) is 18.0 Å². The number of hydrogen-bond acceptors (Lipinski definition) is 3. The van der Waals surface area contributed by atoms with Gasteiger partial charge in [-0.2, -0.15) is 5.10 Å². The highest BCUT2D eigenvalue weighted by molar-refractivity contribution is 5.23. The third-order valence-electron chi connectivity index (χ3n) is 3.78. The molecule has 0 unspecified atom stereocenters. The van der Waals surface area contributed by atoms with Gasteiger partial charge in [0.1, 0.15) is 24.1 Å². The first-order valence-electron chi connectivity index (χ1n) is 8.07. The van der Waals surface area contributed by atoms with Crippen molar-refractivity contribution in [2.75, 3.05) is 7.05 Å². The molecule has 0 saturated carbocycles. The summed E-state index contributed by atoms with van der Waals surface area (Å²) in [5.41, 5.74) is 1.70.